The lowest BCUT2D eigenvalue weighted by Gasteiger charge is -2.19. The highest BCUT2D eigenvalue weighted by atomic mass is 35.5. The second-order valence-corrected chi connectivity index (χ2v) is 5.88. The normalized spacial score (nSPS) is 11.4. The Labute approximate surface area is 113 Å². The number of rotatable bonds is 7. The van der Waals surface area contributed by atoms with Gasteiger partial charge in [0.25, 0.3) is 0 Å². The van der Waals surface area contributed by atoms with Gasteiger partial charge in [-0.05, 0) is 17.7 Å². The molecule has 1 aromatic rings. The van der Waals surface area contributed by atoms with Gasteiger partial charge in [-0.2, -0.15) is 4.31 Å². The van der Waals surface area contributed by atoms with E-state index < -0.39 is 10.0 Å². The van der Waals surface area contributed by atoms with Gasteiger partial charge in [0.1, 0.15) is 0 Å². The predicted octanol–water partition coefficient (Wildman–Crippen LogP) is 2.79. The van der Waals surface area contributed by atoms with Crippen LogP contribution >= 0.6 is 11.6 Å². The molecular weight excluding hydrogens is 270 g/mol. The van der Waals surface area contributed by atoms with Crippen molar-refractivity contribution in [3.05, 3.63) is 55.1 Å². The first-order chi connectivity index (χ1) is 8.56. The highest BCUT2D eigenvalue weighted by molar-refractivity contribution is 7.89. The fraction of sp³-hybridized carbons (Fsp3) is 0.231. The van der Waals surface area contributed by atoms with E-state index in [1.54, 1.807) is 36.4 Å². The second-order valence-electron chi connectivity index (χ2n) is 3.68. The number of hydrogen-bond donors (Lipinski definition) is 0. The average Bonchev–Trinajstić information content (AvgIpc) is 2.38. The first kappa shape index (κ1) is 15.0. The summed E-state index contributed by atoms with van der Waals surface area (Å²) in [5, 5.41) is 0. The molecule has 0 radical (unpaired) electrons. The van der Waals surface area contributed by atoms with E-state index >= 15 is 0 Å². The average molecular weight is 286 g/mol. The van der Waals surface area contributed by atoms with Crippen LogP contribution < -0.4 is 0 Å². The fourth-order valence-corrected chi connectivity index (χ4v) is 3.02. The molecule has 0 unspecified atom stereocenters. The zero-order valence-electron chi connectivity index (χ0n) is 10.0. The maximum Gasteiger partial charge on any atom is 0.243 e. The minimum Gasteiger partial charge on any atom is -0.207 e. The second kappa shape index (κ2) is 6.73. The summed E-state index contributed by atoms with van der Waals surface area (Å²) in [7, 11) is -3.50. The number of benzene rings is 1. The monoisotopic (exact) mass is 285 g/mol. The maximum atomic E-state index is 12.3. The summed E-state index contributed by atoms with van der Waals surface area (Å²) in [4.78, 5) is 0.250. The maximum absolute atomic E-state index is 12.3. The molecule has 5 heteroatoms. The fourth-order valence-electron chi connectivity index (χ4n) is 1.46. The van der Waals surface area contributed by atoms with Crippen molar-refractivity contribution in [2.75, 3.05) is 13.1 Å². The Morgan fingerprint density at radius 3 is 2.00 bits per heavy atom. The third kappa shape index (κ3) is 3.45. The zero-order valence-corrected chi connectivity index (χ0v) is 11.6. The van der Waals surface area contributed by atoms with Gasteiger partial charge in [0.2, 0.25) is 10.0 Å². The van der Waals surface area contributed by atoms with Crippen LogP contribution in [0, 0.1) is 0 Å². The molecule has 18 heavy (non-hydrogen) atoms. The van der Waals surface area contributed by atoms with Crippen LogP contribution in [-0.4, -0.2) is 25.8 Å². The molecule has 98 valence electrons. The minimum absolute atomic E-state index is 0.250. The van der Waals surface area contributed by atoms with Crippen LogP contribution in [0.1, 0.15) is 5.56 Å². The van der Waals surface area contributed by atoms with Gasteiger partial charge in [0.05, 0.1) is 4.90 Å². The van der Waals surface area contributed by atoms with E-state index in [2.05, 4.69) is 13.2 Å². The minimum atomic E-state index is -3.50. The van der Waals surface area contributed by atoms with Crippen LogP contribution in [0.25, 0.3) is 0 Å². The van der Waals surface area contributed by atoms with E-state index in [9.17, 15) is 8.42 Å². The Kier molecular flexibility index (Phi) is 5.59. The van der Waals surface area contributed by atoms with Gasteiger partial charge in [-0.1, -0.05) is 24.3 Å². The summed E-state index contributed by atoms with van der Waals surface area (Å²) in [6, 6.07) is 6.54. The number of alkyl halides is 1. The molecule has 1 aromatic carbocycles. The van der Waals surface area contributed by atoms with Crippen molar-refractivity contribution in [2.24, 2.45) is 0 Å². The van der Waals surface area contributed by atoms with E-state index in [4.69, 9.17) is 11.6 Å². The molecule has 0 atom stereocenters. The zero-order chi connectivity index (χ0) is 13.6. The highest BCUT2D eigenvalue weighted by Gasteiger charge is 2.21. The summed E-state index contributed by atoms with van der Waals surface area (Å²) in [6.45, 7) is 7.63. The van der Waals surface area contributed by atoms with Gasteiger partial charge in [-0.15, -0.1) is 24.8 Å². The molecule has 0 N–H and O–H groups in total. The van der Waals surface area contributed by atoms with Gasteiger partial charge >= 0.3 is 0 Å². The molecule has 0 aliphatic rings. The molecule has 1 rings (SSSR count). The van der Waals surface area contributed by atoms with Gasteiger partial charge in [-0.3, -0.25) is 0 Å². The molecule has 0 heterocycles. The number of halogens is 1. The third-order valence-electron chi connectivity index (χ3n) is 2.38. The SMILES string of the molecule is C=CCN(CC=C)S(=O)(=O)c1ccc(CCl)cc1. The van der Waals surface area contributed by atoms with E-state index in [0.29, 0.717) is 5.88 Å². The van der Waals surface area contributed by atoms with Crippen LogP contribution in [0.4, 0.5) is 0 Å². The van der Waals surface area contributed by atoms with Gasteiger partial charge in [0.15, 0.2) is 0 Å². The summed E-state index contributed by atoms with van der Waals surface area (Å²) >= 11 is 5.67. The van der Waals surface area contributed by atoms with E-state index in [-0.39, 0.29) is 18.0 Å². The molecule has 0 fully saturated rings. The van der Waals surface area contributed by atoms with Gasteiger partial charge in [0, 0.05) is 19.0 Å². The van der Waals surface area contributed by atoms with Crippen LogP contribution in [0.3, 0.4) is 0 Å². The van der Waals surface area contributed by atoms with Crippen molar-refractivity contribution < 1.29 is 8.42 Å². The van der Waals surface area contributed by atoms with Gasteiger partial charge < -0.3 is 0 Å². The van der Waals surface area contributed by atoms with Crippen LogP contribution in [0.5, 0.6) is 0 Å². The molecule has 0 aliphatic carbocycles. The van der Waals surface area contributed by atoms with Crippen LogP contribution in [0.15, 0.2) is 54.5 Å². The summed E-state index contributed by atoms with van der Waals surface area (Å²) in [6.07, 6.45) is 3.10. The molecule has 0 amide bonds. The quantitative estimate of drug-likeness (QED) is 0.571. The number of hydrogen-bond acceptors (Lipinski definition) is 2. The molecule has 0 saturated heterocycles. The Morgan fingerprint density at radius 1 is 1.11 bits per heavy atom. The molecular formula is C13H16ClNO2S. The topological polar surface area (TPSA) is 37.4 Å². The molecule has 0 bridgehead atoms. The van der Waals surface area contributed by atoms with Crippen LogP contribution in [0.2, 0.25) is 0 Å². The summed E-state index contributed by atoms with van der Waals surface area (Å²) in [5.41, 5.74) is 0.884. The molecule has 0 aromatic heterocycles. The van der Waals surface area contributed by atoms with E-state index in [1.165, 1.54) is 4.31 Å². The summed E-state index contributed by atoms with van der Waals surface area (Å²) in [5.74, 6) is 0.364. The lowest BCUT2D eigenvalue weighted by molar-refractivity contribution is 0.474. The van der Waals surface area contributed by atoms with Crippen molar-refractivity contribution in [1.82, 2.24) is 4.31 Å². The Bertz CT molecular complexity index is 498. The standard InChI is InChI=1S/C13H16ClNO2S/c1-3-9-15(10-4-2)18(16,17)13-7-5-12(11-14)6-8-13/h3-8H,1-2,9-11H2. The lowest BCUT2D eigenvalue weighted by Crippen LogP contribution is -2.31. The van der Waals surface area contributed by atoms with Crippen molar-refractivity contribution in [3.8, 4) is 0 Å². The number of nitrogens with zero attached hydrogens (tertiary/aromatic N) is 1. The number of sulfonamides is 1. The Balaban J connectivity index is 3.08. The largest absolute Gasteiger partial charge is 0.243 e. The highest BCUT2D eigenvalue weighted by Crippen LogP contribution is 2.17. The van der Waals surface area contributed by atoms with Crippen molar-refractivity contribution >= 4 is 21.6 Å². The predicted molar refractivity (Wildman–Crippen MR) is 75.2 cm³/mol. The smallest absolute Gasteiger partial charge is 0.207 e. The van der Waals surface area contributed by atoms with Crippen molar-refractivity contribution in [3.63, 3.8) is 0 Å². The van der Waals surface area contributed by atoms with Crippen molar-refractivity contribution in [2.45, 2.75) is 10.8 Å². The van der Waals surface area contributed by atoms with Crippen LogP contribution in [-0.2, 0) is 15.9 Å². The van der Waals surface area contributed by atoms with E-state index in [1.807, 2.05) is 0 Å². The van der Waals surface area contributed by atoms with E-state index in [0.717, 1.165) is 5.56 Å². The first-order valence-corrected chi connectivity index (χ1v) is 7.40. The van der Waals surface area contributed by atoms with Crippen molar-refractivity contribution in [1.29, 1.82) is 0 Å². The lowest BCUT2D eigenvalue weighted by atomic mass is 10.2. The Hall–Kier alpha value is -1.10. The molecule has 0 spiro atoms. The third-order valence-corrected chi connectivity index (χ3v) is 4.54. The summed E-state index contributed by atoms with van der Waals surface area (Å²) < 4.78 is 25.9. The first-order valence-electron chi connectivity index (χ1n) is 5.43. The van der Waals surface area contributed by atoms with Gasteiger partial charge in [-0.25, -0.2) is 8.42 Å². The Morgan fingerprint density at radius 2 is 1.61 bits per heavy atom. The molecule has 3 nitrogen and oxygen atoms in total. The molecule has 0 saturated carbocycles. The molecule has 0 aliphatic heterocycles.